The summed E-state index contributed by atoms with van der Waals surface area (Å²) in [6.07, 6.45) is 9.94. The topological polar surface area (TPSA) is 44.6 Å². The summed E-state index contributed by atoms with van der Waals surface area (Å²) in [5.74, 6) is 1.99. The molecule has 21 heavy (non-hydrogen) atoms. The van der Waals surface area contributed by atoms with Crippen molar-refractivity contribution >= 4 is 6.09 Å². The molecule has 1 N–H and O–H groups in total. The summed E-state index contributed by atoms with van der Waals surface area (Å²) in [7, 11) is 1.56. The van der Waals surface area contributed by atoms with Gasteiger partial charge in [-0.2, -0.15) is 0 Å². The molecule has 4 nitrogen and oxygen atoms in total. The molecule has 0 atom stereocenters. The molecule has 3 aliphatic rings. The van der Waals surface area contributed by atoms with Crippen molar-refractivity contribution in [2.75, 3.05) is 7.05 Å². The highest BCUT2D eigenvalue weighted by Gasteiger charge is 2.40. The number of nitrogens with one attached hydrogen (secondary N) is 1. The molecule has 2 aliphatic heterocycles. The fourth-order valence-electron chi connectivity index (χ4n) is 4.44. The second-order valence-electron chi connectivity index (χ2n) is 8.31. The van der Waals surface area contributed by atoms with Crippen LogP contribution in [0, 0.1) is 11.8 Å². The van der Waals surface area contributed by atoms with Crippen LogP contribution in [0.2, 0.25) is 0 Å². The lowest BCUT2D eigenvalue weighted by molar-refractivity contribution is 0.0780. The molecule has 4 heteroatoms. The molecule has 0 aromatic carbocycles. The Kier molecular flexibility index (Phi) is 4.86. The van der Waals surface area contributed by atoms with Crippen molar-refractivity contribution in [2.24, 2.45) is 11.8 Å². The van der Waals surface area contributed by atoms with Crippen LogP contribution in [0.4, 0.5) is 4.79 Å². The van der Waals surface area contributed by atoms with Crippen LogP contribution in [-0.4, -0.2) is 29.3 Å². The van der Waals surface area contributed by atoms with Gasteiger partial charge in [-0.05, 0) is 52.4 Å². The maximum absolute atomic E-state index is 9.59. The molecule has 2 saturated heterocycles. The fourth-order valence-corrected chi connectivity index (χ4v) is 4.44. The van der Waals surface area contributed by atoms with E-state index in [1.54, 1.807) is 7.05 Å². The third kappa shape index (κ3) is 5.17. The van der Waals surface area contributed by atoms with E-state index in [9.17, 15) is 4.79 Å². The van der Waals surface area contributed by atoms with E-state index < -0.39 is 0 Å². The van der Waals surface area contributed by atoms with Gasteiger partial charge in [0.25, 0.3) is 0 Å². The van der Waals surface area contributed by atoms with Crippen LogP contribution in [0.25, 0.3) is 0 Å². The monoisotopic (exact) mass is 296 g/mol. The molecule has 1 amide bonds. The van der Waals surface area contributed by atoms with Gasteiger partial charge in [-0.1, -0.05) is 32.1 Å². The van der Waals surface area contributed by atoms with Gasteiger partial charge in [0.1, 0.15) is 0 Å². The Hall–Kier alpha value is -0.770. The highest BCUT2D eigenvalue weighted by molar-refractivity contribution is 5.75. The average Bonchev–Trinajstić information content (AvgIpc) is 3.00. The minimum Gasteiger partial charge on any atom is -0.314 e. The maximum atomic E-state index is 9.59. The van der Waals surface area contributed by atoms with Crippen molar-refractivity contribution < 1.29 is 9.63 Å². The highest BCUT2D eigenvalue weighted by Crippen LogP contribution is 2.42. The Bertz CT molecular complexity index is 357. The van der Waals surface area contributed by atoms with Gasteiger partial charge in [0.05, 0.1) is 7.05 Å². The Balaban J connectivity index is 0.000000272. The molecule has 0 spiro atoms. The van der Waals surface area contributed by atoms with Crippen molar-refractivity contribution in [3.63, 3.8) is 0 Å². The first-order valence-corrected chi connectivity index (χ1v) is 8.44. The van der Waals surface area contributed by atoms with E-state index in [2.05, 4.69) is 37.8 Å². The van der Waals surface area contributed by atoms with Crippen LogP contribution in [0.15, 0.2) is 0 Å². The number of hydrogen-bond acceptors (Lipinski definition) is 3. The second kappa shape index (κ2) is 6.15. The van der Waals surface area contributed by atoms with Gasteiger partial charge in [-0.3, -0.25) is 0 Å². The summed E-state index contributed by atoms with van der Waals surface area (Å²) in [6, 6.07) is 0. The number of hydroxylamine groups is 2. The van der Waals surface area contributed by atoms with Gasteiger partial charge < -0.3 is 10.2 Å². The second-order valence-corrected chi connectivity index (χ2v) is 8.31. The highest BCUT2D eigenvalue weighted by atomic mass is 16.9. The number of nitrogens with zero attached hydrogens (tertiary/aromatic N) is 1. The third-order valence-electron chi connectivity index (χ3n) is 4.98. The first-order valence-electron chi connectivity index (χ1n) is 8.44. The van der Waals surface area contributed by atoms with E-state index >= 15 is 0 Å². The van der Waals surface area contributed by atoms with Gasteiger partial charge in [0.2, 0.25) is 0 Å². The molecule has 3 fully saturated rings. The SMILES string of the molecule is CC1(C)CC(C2CCCCC2)CC(C)(C)N1.CN1OC1=O. The van der Waals surface area contributed by atoms with E-state index in [-0.39, 0.29) is 6.09 Å². The van der Waals surface area contributed by atoms with Gasteiger partial charge >= 0.3 is 6.09 Å². The summed E-state index contributed by atoms with van der Waals surface area (Å²) in [4.78, 5) is 13.7. The largest absolute Gasteiger partial charge is 0.467 e. The number of carbonyl (C=O) groups is 1. The first kappa shape index (κ1) is 16.6. The summed E-state index contributed by atoms with van der Waals surface area (Å²) in [6.45, 7) is 9.51. The minimum absolute atomic E-state index is 0.245. The molecule has 3 rings (SSSR count). The average molecular weight is 296 g/mol. The molecular formula is C17H32N2O2. The van der Waals surface area contributed by atoms with Crippen LogP contribution in [-0.2, 0) is 4.84 Å². The number of carbonyl (C=O) groups excluding carboxylic acids is 1. The molecule has 0 bridgehead atoms. The van der Waals surface area contributed by atoms with Crippen LogP contribution in [0.5, 0.6) is 0 Å². The molecule has 0 radical (unpaired) electrons. The zero-order valence-corrected chi connectivity index (χ0v) is 14.4. The van der Waals surface area contributed by atoms with Crippen molar-refractivity contribution in [1.82, 2.24) is 10.4 Å². The summed E-state index contributed by atoms with van der Waals surface area (Å²) in [5, 5.41) is 4.95. The standard InChI is InChI=1S/C15H29N.C2H3NO2/c1-14(2)10-13(11-15(3,4)16-14)12-8-6-5-7-9-12;1-3-2(4)5-3/h12-13,16H,5-11H2,1-4H3;1H3. The molecule has 1 saturated carbocycles. The van der Waals surface area contributed by atoms with E-state index in [0.717, 1.165) is 16.9 Å². The minimum atomic E-state index is -0.245. The smallest absolute Gasteiger partial charge is 0.314 e. The van der Waals surface area contributed by atoms with E-state index in [1.807, 2.05) is 0 Å². The summed E-state index contributed by atoms with van der Waals surface area (Å²) >= 11 is 0. The zero-order chi connectivity index (χ0) is 15.7. The number of amides is 1. The van der Waals surface area contributed by atoms with Gasteiger partial charge in [-0.25, -0.2) is 4.79 Å². The lowest BCUT2D eigenvalue weighted by Gasteiger charge is -2.49. The van der Waals surface area contributed by atoms with Crippen molar-refractivity contribution in [3.8, 4) is 0 Å². The van der Waals surface area contributed by atoms with Gasteiger partial charge in [-0.15, -0.1) is 5.06 Å². The molecular weight excluding hydrogens is 264 g/mol. The van der Waals surface area contributed by atoms with Crippen molar-refractivity contribution in [3.05, 3.63) is 0 Å². The lowest BCUT2D eigenvalue weighted by Crippen LogP contribution is -2.58. The van der Waals surface area contributed by atoms with E-state index in [4.69, 9.17) is 0 Å². The lowest BCUT2D eigenvalue weighted by atomic mass is 9.67. The van der Waals surface area contributed by atoms with Gasteiger partial charge in [0.15, 0.2) is 0 Å². The van der Waals surface area contributed by atoms with Crippen LogP contribution < -0.4 is 5.32 Å². The quantitative estimate of drug-likeness (QED) is 0.741. The number of piperidine rings is 1. The normalized spacial score (nSPS) is 28.4. The van der Waals surface area contributed by atoms with E-state index in [0.29, 0.717) is 11.1 Å². The summed E-state index contributed by atoms with van der Waals surface area (Å²) < 4.78 is 0. The van der Waals surface area contributed by atoms with Gasteiger partial charge in [0, 0.05) is 11.1 Å². The third-order valence-corrected chi connectivity index (χ3v) is 4.98. The van der Waals surface area contributed by atoms with Crippen LogP contribution in [0.1, 0.15) is 72.6 Å². The zero-order valence-electron chi connectivity index (χ0n) is 14.4. The Labute approximate surface area is 129 Å². The van der Waals surface area contributed by atoms with Crippen LogP contribution >= 0.6 is 0 Å². The van der Waals surface area contributed by atoms with Crippen molar-refractivity contribution in [2.45, 2.75) is 83.7 Å². The molecule has 0 unspecified atom stereocenters. The molecule has 1 aliphatic carbocycles. The molecule has 0 aromatic rings. The Morgan fingerprint density at radius 3 is 1.81 bits per heavy atom. The first-order chi connectivity index (χ1) is 9.69. The Morgan fingerprint density at radius 1 is 1.00 bits per heavy atom. The number of rotatable bonds is 1. The molecule has 0 aromatic heterocycles. The Morgan fingerprint density at radius 2 is 1.43 bits per heavy atom. The van der Waals surface area contributed by atoms with E-state index in [1.165, 1.54) is 44.9 Å². The number of hydrogen-bond donors (Lipinski definition) is 1. The molecule has 122 valence electrons. The van der Waals surface area contributed by atoms with Crippen molar-refractivity contribution in [1.29, 1.82) is 0 Å². The van der Waals surface area contributed by atoms with Crippen LogP contribution in [0.3, 0.4) is 0 Å². The predicted octanol–water partition coefficient (Wildman–Crippen LogP) is 4.11. The summed E-state index contributed by atoms with van der Waals surface area (Å²) in [5.41, 5.74) is 0.674. The molecule has 2 heterocycles. The maximum Gasteiger partial charge on any atom is 0.467 e. The fraction of sp³-hybridized carbons (Fsp3) is 0.941. The predicted molar refractivity (Wildman–Crippen MR) is 84.8 cm³/mol.